The van der Waals surface area contributed by atoms with Crippen LogP contribution in [0.25, 0.3) is 10.9 Å². The van der Waals surface area contributed by atoms with E-state index in [9.17, 15) is 4.79 Å². The fourth-order valence-electron chi connectivity index (χ4n) is 1.67. The first-order chi connectivity index (χ1) is 7.22. The number of hydrogen-bond donors (Lipinski definition) is 2. The monoisotopic (exact) mass is 222 g/mol. The fraction of sp³-hybridized carbons (Fsp3) is 0.182. The predicted octanol–water partition coefficient (Wildman–Crippen LogP) is 1.89. The summed E-state index contributed by atoms with van der Waals surface area (Å²) < 4.78 is 0. The molecule has 0 unspecified atom stereocenters. The third kappa shape index (κ3) is 1.89. The maximum Gasteiger partial charge on any atom is 0.137 e. The number of halogens is 1. The van der Waals surface area contributed by atoms with Gasteiger partial charge in [0.2, 0.25) is 0 Å². The molecule has 0 fully saturated rings. The number of rotatable bonds is 3. The lowest BCUT2D eigenvalue weighted by molar-refractivity contribution is -0.108. The van der Waals surface area contributed by atoms with Gasteiger partial charge in [-0.25, -0.2) is 0 Å². The molecule has 15 heavy (non-hydrogen) atoms. The number of aromatic nitrogens is 1. The highest BCUT2D eigenvalue weighted by atomic mass is 35.5. The zero-order chi connectivity index (χ0) is 10.8. The Morgan fingerprint density at radius 3 is 3.07 bits per heavy atom. The maximum absolute atomic E-state index is 10.5. The first kappa shape index (κ1) is 10.2. The number of H-pyrrole nitrogens is 1. The van der Waals surface area contributed by atoms with Crippen molar-refractivity contribution in [2.75, 3.05) is 0 Å². The van der Waals surface area contributed by atoms with Crippen molar-refractivity contribution in [1.82, 2.24) is 4.98 Å². The second-order valence-electron chi connectivity index (χ2n) is 3.48. The van der Waals surface area contributed by atoms with Gasteiger partial charge >= 0.3 is 0 Å². The van der Waals surface area contributed by atoms with E-state index in [0.717, 1.165) is 22.8 Å². The molecule has 0 aliphatic rings. The van der Waals surface area contributed by atoms with Crippen LogP contribution in [0.1, 0.15) is 5.56 Å². The molecule has 0 radical (unpaired) electrons. The molecule has 0 spiro atoms. The molecule has 4 heteroatoms. The second-order valence-corrected chi connectivity index (χ2v) is 3.89. The Bertz CT molecular complexity index is 492. The molecule has 1 aromatic heterocycles. The van der Waals surface area contributed by atoms with Crippen LogP contribution in [-0.4, -0.2) is 17.3 Å². The Kier molecular flexibility index (Phi) is 2.75. The van der Waals surface area contributed by atoms with Gasteiger partial charge in [0, 0.05) is 17.1 Å². The fourth-order valence-corrected chi connectivity index (χ4v) is 1.97. The molecule has 0 bridgehead atoms. The van der Waals surface area contributed by atoms with E-state index in [4.69, 9.17) is 17.3 Å². The summed E-state index contributed by atoms with van der Waals surface area (Å²) in [4.78, 5) is 13.6. The van der Waals surface area contributed by atoms with Gasteiger partial charge in [0.15, 0.2) is 0 Å². The van der Waals surface area contributed by atoms with Crippen molar-refractivity contribution in [2.45, 2.75) is 12.5 Å². The van der Waals surface area contributed by atoms with Crippen molar-refractivity contribution in [1.29, 1.82) is 0 Å². The largest absolute Gasteiger partial charge is 0.361 e. The third-order valence-corrected chi connectivity index (χ3v) is 2.68. The Morgan fingerprint density at radius 2 is 2.33 bits per heavy atom. The second kappa shape index (κ2) is 4.04. The van der Waals surface area contributed by atoms with Crippen molar-refractivity contribution < 1.29 is 4.79 Å². The Balaban J connectivity index is 2.48. The standard InChI is InChI=1S/C11H11ClN2O/c12-9-2-1-3-10-11(9)7(5-14-10)4-8(13)6-15/h1-3,5-6,8,14H,4,13H2/t8-/m0/s1. The molecule has 0 aliphatic heterocycles. The lowest BCUT2D eigenvalue weighted by atomic mass is 10.1. The van der Waals surface area contributed by atoms with Gasteiger partial charge in [0.05, 0.1) is 11.1 Å². The van der Waals surface area contributed by atoms with Gasteiger partial charge in [-0.3, -0.25) is 0 Å². The van der Waals surface area contributed by atoms with Gasteiger partial charge in [0.1, 0.15) is 6.29 Å². The number of benzene rings is 1. The number of carbonyl (C=O) groups excluding carboxylic acids is 1. The lowest BCUT2D eigenvalue weighted by Gasteiger charge is -2.03. The van der Waals surface area contributed by atoms with Gasteiger partial charge in [-0.05, 0) is 24.1 Å². The van der Waals surface area contributed by atoms with Crippen LogP contribution in [-0.2, 0) is 11.2 Å². The molecule has 0 aliphatic carbocycles. The smallest absolute Gasteiger partial charge is 0.137 e. The molecule has 2 aromatic rings. The van der Waals surface area contributed by atoms with Gasteiger partial charge in [-0.1, -0.05) is 17.7 Å². The van der Waals surface area contributed by atoms with Crippen LogP contribution in [0.4, 0.5) is 0 Å². The summed E-state index contributed by atoms with van der Waals surface area (Å²) in [6, 6.07) is 5.18. The summed E-state index contributed by atoms with van der Waals surface area (Å²) in [7, 11) is 0. The van der Waals surface area contributed by atoms with Crippen LogP contribution in [0.5, 0.6) is 0 Å². The van der Waals surface area contributed by atoms with E-state index in [0.29, 0.717) is 11.4 Å². The average molecular weight is 223 g/mol. The van der Waals surface area contributed by atoms with Crippen LogP contribution in [0, 0.1) is 0 Å². The van der Waals surface area contributed by atoms with Crippen LogP contribution < -0.4 is 5.73 Å². The molecule has 2 rings (SSSR count). The molecular weight excluding hydrogens is 212 g/mol. The SMILES string of the molecule is N[C@H](C=O)Cc1c[nH]c2cccc(Cl)c12. The van der Waals surface area contributed by atoms with Gasteiger partial charge in [-0.15, -0.1) is 0 Å². The van der Waals surface area contributed by atoms with Crippen LogP contribution in [0.15, 0.2) is 24.4 Å². The highest BCUT2D eigenvalue weighted by Crippen LogP contribution is 2.26. The molecule has 0 saturated heterocycles. The van der Waals surface area contributed by atoms with E-state index in [2.05, 4.69) is 4.98 Å². The zero-order valence-electron chi connectivity index (χ0n) is 8.03. The molecule has 1 aromatic carbocycles. The molecular formula is C11H11ClN2O. The summed E-state index contributed by atoms with van der Waals surface area (Å²) in [6.45, 7) is 0. The highest BCUT2D eigenvalue weighted by molar-refractivity contribution is 6.35. The van der Waals surface area contributed by atoms with E-state index < -0.39 is 6.04 Å². The van der Waals surface area contributed by atoms with E-state index in [1.54, 1.807) is 0 Å². The number of carbonyl (C=O) groups is 1. The third-order valence-electron chi connectivity index (χ3n) is 2.37. The molecule has 1 heterocycles. The molecule has 0 amide bonds. The van der Waals surface area contributed by atoms with Crippen molar-refractivity contribution >= 4 is 28.8 Å². The van der Waals surface area contributed by atoms with Gasteiger partial charge < -0.3 is 15.5 Å². The van der Waals surface area contributed by atoms with Crippen LogP contribution in [0.2, 0.25) is 5.02 Å². The Morgan fingerprint density at radius 1 is 1.53 bits per heavy atom. The zero-order valence-corrected chi connectivity index (χ0v) is 8.79. The van der Waals surface area contributed by atoms with E-state index in [-0.39, 0.29) is 0 Å². The minimum Gasteiger partial charge on any atom is -0.361 e. The highest BCUT2D eigenvalue weighted by Gasteiger charge is 2.10. The number of nitrogens with two attached hydrogens (primary N) is 1. The molecule has 0 saturated carbocycles. The minimum absolute atomic E-state index is 0.472. The average Bonchev–Trinajstić information content (AvgIpc) is 2.63. The van der Waals surface area contributed by atoms with Crippen LogP contribution >= 0.6 is 11.6 Å². The van der Waals surface area contributed by atoms with E-state index in [1.807, 2.05) is 24.4 Å². The summed E-state index contributed by atoms with van der Waals surface area (Å²) >= 11 is 6.08. The van der Waals surface area contributed by atoms with Crippen molar-refractivity contribution in [2.24, 2.45) is 5.73 Å². The maximum atomic E-state index is 10.5. The van der Waals surface area contributed by atoms with Gasteiger partial charge in [-0.2, -0.15) is 0 Å². The normalized spacial score (nSPS) is 12.9. The first-order valence-electron chi connectivity index (χ1n) is 4.67. The molecule has 78 valence electrons. The Hall–Kier alpha value is -1.32. The quantitative estimate of drug-likeness (QED) is 0.780. The summed E-state index contributed by atoms with van der Waals surface area (Å²) in [5.74, 6) is 0. The van der Waals surface area contributed by atoms with Crippen molar-refractivity contribution in [3.05, 3.63) is 35.0 Å². The Labute approximate surface area is 92.2 Å². The molecule has 3 nitrogen and oxygen atoms in total. The van der Waals surface area contributed by atoms with Crippen molar-refractivity contribution in [3.63, 3.8) is 0 Å². The summed E-state index contributed by atoms with van der Waals surface area (Å²) in [5.41, 5.74) is 7.53. The number of fused-ring (bicyclic) bond motifs is 1. The molecule has 1 atom stereocenters. The van der Waals surface area contributed by atoms with Crippen molar-refractivity contribution in [3.8, 4) is 0 Å². The first-order valence-corrected chi connectivity index (χ1v) is 5.05. The lowest BCUT2D eigenvalue weighted by Crippen LogP contribution is -2.23. The number of nitrogens with one attached hydrogen (secondary N) is 1. The summed E-state index contributed by atoms with van der Waals surface area (Å²) in [5, 5.41) is 1.64. The minimum atomic E-state index is -0.472. The number of hydrogen-bond acceptors (Lipinski definition) is 2. The predicted molar refractivity (Wildman–Crippen MR) is 61.1 cm³/mol. The van der Waals surface area contributed by atoms with Gasteiger partial charge in [0.25, 0.3) is 0 Å². The summed E-state index contributed by atoms with van der Waals surface area (Å²) in [6.07, 6.45) is 3.10. The van der Waals surface area contributed by atoms with Crippen LogP contribution in [0.3, 0.4) is 0 Å². The number of aromatic amines is 1. The molecule has 3 N–H and O–H groups in total. The van der Waals surface area contributed by atoms with E-state index >= 15 is 0 Å². The topological polar surface area (TPSA) is 58.9 Å². The van der Waals surface area contributed by atoms with E-state index in [1.165, 1.54) is 0 Å². The number of aldehydes is 1.